The number of fused-ring (bicyclic) bond motifs is 1. The van der Waals surface area contributed by atoms with E-state index in [1.807, 2.05) is 6.92 Å². The lowest BCUT2D eigenvalue weighted by molar-refractivity contribution is -0.120. The number of aromatic nitrogens is 1. The predicted octanol–water partition coefficient (Wildman–Crippen LogP) is 4.12. The van der Waals surface area contributed by atoms with Gasteiger partial charge in [-0.3, -0.25) is 4.79 Å². The smallest absolute Gasteiger partial charge is 0.282 e. The van der Waals surface area contributed by atoms with E-state index in [0.717, 1.165) is 37.0 Å². The highest BCUT2D eigenvalue weighted by molar-refractivity contribution is 7.22. The fraction of sp³-hybridized carbons (Fsp3) is 0.619. The van der Waals surface area contributed by atoms with Crippen molar-refractivity contribution < 1.29 is 27.4 Å². The number of carbonyl (C=O) groups is 1. The molecule has 170 valence electrons. The first-order chi connectivity index (χ1) is 14.7. The van der Waals surface area contributed by atoms with E-state index in [0.29, 0.717) is 22.0 Å². The average Bonchev–Trinajstić information content (AvgIpc) is 3.12. The summed E-state index contributed by atoms with van der Waals surface area (Å²) in [6.07, 6.45) is 3.08. The summed E-state index contributed by atoms with van der Waals surface area (Å²) in [4.78, 5) is 16.8. The first kappa shape index (κ1) is 22.1. The maximum Gasteiger partial charge on any atom is 0.282 e. The highest BCUT2D eigenvalue weighted by atomic mass is 32.1. The van der Waals surface area contributed by atoms with Crippen molar-refractivity contribution in [3.8, 4) is 5.75 Å². The van der Waals surface area contributed by atoms with Crippen LogP contribution in [0.15, 0.2) is 12.1 Å². The summed E-state index contributed by atoms with van der Waals surface area (Å²) < 4.78 is 53.3. The first-order valence-electron chi connectivity index (χ1n) is 10.5. The Hall–Kier alpha value is -2.07. The number of nitrogens with zero attached hydrogens (tertiary/aromatic N) is 2. The molecule has 2 aromatic rings. The first-order valence-corrected chi connectivity index (χ1v) is 11.3. The number of nitrogens with one attached hydrogen (secondary N) is 1. The van der Waals surface area contributed by atoms with Crippen LogP contribution in [-0.2, 0) is 9.53 Å². The normalized spacial score (nSPS) is 24.0. The van der Waals surface area contributed by atoms with Gasteiger partial charge in [0.1, 0.15) is 0 Å². The van der Waals surface area contributed by atoms with Gasteiger partial charge in [-0.15, -0.1) is 0 Å². The van der Waals surface area contributed by atoms with Crippen LogP contribution < -0.4 is 15.0 Å². The summed E-state index contributed by atoms with van der Waals surface area (Å²) in [7, 11) is 0. The average molecular weight is 458 g/mol. The fourth-order valence-corrected chi connectivity index (χ4v) is 4.96. The van der Waals surface area contributed by atoms with E-state index in [2.05, 4.69) is 10.3 Å². The zero-order valence-corrected chi connectivity index (χ0v) is 18.3. The summed E-state index contributed by atoms with van der Waals surface area (Å²) in [6.45, 7) is 3.07. The van der Waals surface area contributed by atoms with E-state index in [9.17, 15) is 18.0 Å². The molecule has 1 saturated heterocycles. The molecule has 1 aliphatic carbocycles. The van der Waals surface area contributed by atoms with Gasteiger partial charge in [0, 0.05) is 13.0 Å². The molecule has 1 amide bonds. The molecule has 31 heavy (non-hydrogen) atoms. The number of rotatable bonds is 7. The van der Waals surface area contributed by atoms with Gasteiger partial charge >= 0.3 is 0 Å². The van der Waals surface area contributed by atoms with Crippen LogP contribution in [0.4, 0.5) is 18.3 Å². The molecule has 2 heterocycles. The third kappa shape index (κ3) is 5.23. The van der Waals surface area contributed by atoms with Gasteiger partial charge < -0.3 is 19.7 Å². The van der Waals surface area contributed by atoms with Crippen LogP contribution in [0.3, 0.4) is 0 Å². The molecule has 1 aromatic carbocycles. The Morgan fingerprint density at radius 2 is 1.97 bits per heavy atom. The zero-order valence-electron chi connectivity index (χ0n) is 17.5. The van der Waals surface area contributed by atoms with Gasteiger partial charge in [-0.25, -0.2) is 18.2 Å². The molecular formula is C21H26F3N3O3S. The standard InChI is InChI=1S/C21H26F3N3O3S/c1-12(25-13(2)28)9-29-14-3-5-15(6-4-14)30-17-8-7-16-19(18(17)22)31-20(26-16)27-10-21(23,24)11-27/h7-8,12,14-15H,3-6,9-11H2,1-2H3,(H,25,28)/t12-,14?,15?/m0/s1. The van der Waals surface area contributed by atoms with E-state index in [4.69, 9.17) is 9.47 Å². The summed E-state index contributed by atoms with van der Waals surface area (Å²) >= 11 is 1.08. The Morgan fingerprint density at radius 3 is 2.61 bits per heavy atom. The number of anilines is 1. The number of halogens is 3. The summed E-state index contributed by atoms with van der Waals surface area (Å²) in [5.74, 6) is -3.10. The number of thiazole rings is 1. The molecule has 1 saturated carbocycles. The molecule has 1 aliphatic heterocycles. The third-order valence-electron chi connectivity index (χ3n) is 5.51. The zero-order chi connectivity index (χ0) is 22.2. The number of amides is 1. The van der Waals surface area contributed by atoms with Gasteiger partial charge in [-0.2, -0.15) is 0 Å². The van der Waals surface area contributed by atoms with Crippen LogP contribution in [0.2, 0.25) is 0 Å². The van der Waals surface area contributed by atoms with Crippen LogP contribution >= 0.6 is 11.3 Å². The van der Waals surface area contributed by atoms with E-state index >= 15 is 0 Å². The largest absolute Gasteiger partial charge is 0.487 e. The van der Waals surface area contributed by atoms with Crippen molar-refractivity contribution in [3.63, 3.8) is 0 Å². The molecule has 6 nitrogen and oxygen atoms in total. The van der Waals surface area contributed by atoms with Crippen molar-refractivity contribution in [2.24, 2.45) is 0 Å². The van der Waals surface area contributed by atoms with Crippen molar-refractivity contribution in [1.82, 2.24) is 10.3 Å². The molecule has 10 heteroatoms. The minimum Gasteiger partial charge on any atom is -0.487 e. The van der Waals surface area contributed by atoms with E-state index in [1.54, 1.807) is 12.1 Å². The van der Waals surface area contributed by atoms with E-state index in [-0.39, 0.29) is 43.0 Å². The van der Waals surface area contributed by atoms with Gasteiger partial charge in [0.25, 0.3) is 5.92 Å². The summed E-state index contributed by atoms with van der Waals surface area (Å²) in [6, 6.07) is 3.19. The molecule has 4 rings (SSSR count). The third-order valence-corrected chi connectivity index (χ3v) is 6.64. The summed E-state index contributed by atoms with van der Waals surface area (Å²) in [5.41, 5.74) is 0.450. The number of hydrogen-bond acceptors (Lipinski definition) is 6. The highest BCUT2D eigenvalue weighted by Gasteiger charge is 2.45. The molecule has 2 aliphatic rings. The molecule has 0 spiro atoms. The van der Waals surface area contributed by atoms with Gasteiger partial charge in [-0.1, -0.05) is 11.3 Å². The van der Waals surface area contributed by atoms with Crippen molar-refractivity contribution >= 4 is 32.6 Å². The number of carbonyl (C=O) groups excluding carboxylic acids is 1. The second kappa shape index (κ2) is 8.82. The molecule has 1 aromatic heterocycles. The van der Waals surface area contributed by atoms with E-state index in [1.165, 1.54) is 11.8 Å². The lowest BCUT2D eigenvalue weighted by Gasteiger charge is -2.38. The predicted molar refractivity (Wildman–Crippen MR) is 113 cm³/mol. The Balaban J connectivity index is 1.31. The molecular weight excluding hydrogens is 431 g/mol. The number of benzene rings is 1. The molecule has 0 unspecified atom stereocenters. The Bertz CT molecular complexity index is 939. The van der Waals surface area contributed by atoms with Crippen LogP contribution in [0.25, 0.3) is 10.2 Å². The summed E-state index contributed by atoms with van der Waals surface area (Å²) in [5, 5.41) is 3.20. The lowest BCUT2D eigenvalue weighted by atomic mass is 9.95. The molecule has 0 bridgehead atoms. The SMILES string of the molecule is CC(=O)N[C@@H](C)COC1CCC(Oc2ccc3nc(N4CC(F)(F)C4)sc3c2F)CC1. The number of hydrogen-bond donors (Lipinski definition) is 1. The maximum absolute atomic E-state index is 15.0. The van der Waals surface area contributed by atoms with Gasteiger partial charge in [0.2, 0.25) is 5.91 Å². The highest BCUT2D eigenvalue weighted by Crippen LogP contribution is 2.39. The van der Waals surface area contributed by atoms with E-state index < -0.39 is 11.7 Å². The number of alkyl halides is 2. The second-order valence-electron chi connectivity index (χ2n) is 8.39. The van der Waals surface area contributed by atoms with Gasteiger partial charge in [0.15, 0.2) is 16.7 Å². The molecule has 0 radical (unpaired) electrons. The minimum atomic E-state index is -2.70. The van der Waals surface area contributed by atoms with Crippen LogP contribution in [-0.4, -0.2) is 54.8 Å². The Morgan fingerprint density at radius 1 is 1.29 bits per heavy atom. The van der Waals surface area contributed by atoms with Crippen molar-refractivity contribution in [2.75, 3.05) is 24.6 Å². The Kier molecular flexibility index (Phi) is 6.30. The van der Waals surface area contributed by atoms with Crippen LogP contribution in [0.5, 0.6) is 5.75 Å². The topological polar surface area (TPSA) is 63.7 Å². The van der Waals surface area contributed by atoms with Gasteiger partial charge in [-0.05, 0) is 44.7 Å². The lowest BCUT2D eigenvalue weighted by Crippen LogP contribution is -2.56. The van der Waals surface area contributed by atoms with Crippen LogP contribution in [0.1, 0.15) is 39.5 Å². The van der Waals surface area contributed by atoms with Gasteiger partial charge in [0.05, 0.1) is 42.1 Å². The molecule has 1 N–H and O–H groups in total. The minimum absolute atomic E-state index is 0.0425. The molecule has 2 fully saturated rings. The van der Waals surface area contributed by atoms with Crippen LogP contribution in [0, 0.1) is 5.82 Å². The van der Waals surface area contributed by atoms with Crippen molar-refractivity contribution in [3.05, 3.63) is 17.9 Å². The van der Waals surface area contributed by atoms with Crippen molar-refractivity contribution in [1.29, 1.82) is 0 Å². The maximum atomic E-state index is 15.0. The number of ether oxygens (including phenoxy) is 2. The Labute approximate surface area is 182 Å². The quantitative estimate of drug-likeness (QED) is 0.678. The monoisotopic (exact) mass is 457 g/mol. The fourth-order valence-electron chi connectivity index (χ4n) is 3.97. The molecule has 1 atom stereocenters. The second-order valence-corrected chi connectivity index (χ2v) is 9.36. The van der Waals surface area contributed by atoms with Crippen molar-refractivity contribution in [2.45, 2.75) is 63.7 Å².